The number of nitrogens with one attached hydrogen (secondary N) is 1. The van der Waals surface area contributed by atoms with E-state index in [9.17, 15) is 9.59 Å². The quantitative estimate of drug-likeness (QED) is 0.511. The van der Waals surface area contributed by atoms with Crippen molar-refractivity contribution in [1.29, 1.82) is 0 Å². The Hall–Kier alpha value is -2.83. The predicted molar refractivity (Wildman–Crippen MR) is 102 cm³/mol. The average Bonchev–Trinajstić information content (AvgIpc) is 3.11. The number of esters is 1. The molecule has 7 heteroatoms. The number of benzene rings is 1. The van der Waals surface area contributed by atoms with Crippen molar-refractivity contribution in [2.45, 2.75) is 45.6 Å². The number of amides is 1. The maximum Gasteiger partial charge on any atom is 0.363 e. The van der Waals surface area contributed by atoms with Crippen LogP contribution in [0.25, 0.3) is 5.69 Å². The van der Waals surface area contributed by atoms with Crippen molar-refractivity contribution in [3.63, 3.8) is 0 Å². The van der Waals surface area contributed by atoms with E-state index in [0.717, 1.165) is 31.4 Å². The lowest BCUT2D eigenvalue weighted by Crippen LogP contribution is -2.35. The van der Waals surface area contributed by atoms with Gasteiger partial charge in [0.2, 0.25) is 5.69 Å². The minimum atomic E-state index is -0.699. The summed E-state index contributed by atoms with van der Waals surface area (Å²) in [5.41, 5.74) is 0.818. The second-order valence-electron chi connectivity index (χ2n) is 6.37. The molecule has 0 unspecified atom stereocenters. The average molecular weight is 373 g/mol. The molecule has 1 N–H and O–H groups in total. The number of hydrogen-bond donors (Lipinski definition) is 1. The third kappa shape index (κ3) is 6.13. The molecule has 7 nitrogen and oxygen atoms in total. The molecule has 0 aliphatic rings. The van der Waals surface area contributed by atoms with Crippen LogP contribution in [0.2, 0.25) is 0 Å². The number of ether oxygens (including phenoxy) is 2. The Bertz CT molecular complexity index is 743. The molecule has 0 aliphatic carbocycles. The molecule has 0 radical (unpaired) electrons. The minimum Gasteiger partial charge on any atom is -0.493 e. The lowest BCUT2D eigenvalue weighted by molar-refractivity contribution is -0.124. The zero-order chi connectivity index (χ0) is 19.6. The molecule has 1 amide bonds. The fourth-order valence-corrected chi connectivity index (χ4v) is 2.65. The van der Waals surface area contributed by atoms with E-state index < -0.39 is 5.97 Å². The summed E-state index contributed by atoms with van der Waals surface area (Å²) in [7, 11) is 1.45. The number of unbranched alkanes of at least 4 members (excludes halogenated alkanes) is 2. The zero-order valence-electron chi connectivity index (χ0n) is 16.1. The minimum absolute atomic E-state index is 0.0325. The van der Waals surface area contributed by atoms with E-state index in [1.54, 1.807) is 6.20 Å². The van der Waals surface area contributed by atoms with Crippen LogP contribution in [-0.2, 0) is 9.53 Å². The molecule has 0 bridgehead atoms. The molecule has 1 aromatic heterocycles. The number of carbonyl (C=O) groups excluding carboxylic acids is 2. The van der Waals surface area contributed by atoms with Crippen molar-refractivity contribution >= 4 is 11.9 Å². The fourth-order valence-electron chi connectivity index (χ4n) is 2.65. The maximum atomic E-state index is 12.3. The van der Waals surface area contributed by atoms with Crippen molar-refractivity contribution in [1.82, 2.24) is 15.1 Å². The zero-order valence-corrected chi connectivity index (χ0v) is 16.1. The highest BCUT2D eigenvalue weighted by atomic mass is 16.5. The van der Waals surface area contributed by atoms with Gasteiger partial charge < -0.3 is 14.8 Å². The predicted octanol–water partition coefficient (Wildman–Crippen LogP) is 3.12. The fraction of sp³-hybridized carbons (Fsp3) is 0.450. The standard InChI is InChI=1S/C20H27N3O4/c1-4-5-7-10-15(2)21-18(24)14-27-20(25)19-17(26-3)13-23(22-19)16-11-8-6-9-12-16/h6,8-9,11-13,15H,4-5,7,10,14H2,1-3H3,(H,21,24)/t15-/m0/s1. The van der Waals surface area contributed by atoms with E-state index in [1.165, 1.54) is 11.8 Å². The highest BCUT2D eigenvalue weighted by Gasteiger charge is 2.21. The highest BCUT2D eigenvalue weighted by molar-refractivity contribution is 5.92. The molecule has 0 aliphatic heterocycles. The van der Waals surface area contributed by atoms with Crippen LogP contribution in [0, 0.1) is 0 Å². The van der Waals surface area contributed by atoms with Crippen LogP contribution >= 0.6 is 0 Å². The van der Waals surface area contributed by atoms with Crippen molar-refractivity contribution in [2.75, 3.05) is 13.7 Å². The summed E-state index contributed by atoms with van der Waals surface area (Å²) in [5, 5.41) is 7.06. The maximum absolute atomic E-state index is 12.3. The van der Waals surface area contributed by atoms with Crippen LogP contribution < -0.4 is 10.1 Å². The molecule has 1 atom stereocenters. The van der Waals surface area contributed by atoms with Crippen molar-refractivity contribution < 1.29 is 19.1 Å². The molecule has 0 spiro atoms. The van der Waals surface area contributed by atoms with Gasteiger partial charge in [-0.25, -0.2) is 9.48 Å². The summed E-state index contributed by atoms with van der Waals surface area (Å²) in [6.07, 6.45) is 5.84. The largest absolute Gasteiger partial charge is 0.493 e. The Morgan fingerprint density at radius 3 is 2.63 bits per heavy atom. The first-order valence-electron chi connectivity index (χ1n) is 9.20. The molecule has 1 heterocycles. The number of aromatic nitrogens is 2. The van der Waals surface area contributed by atoms with Crippen molar-refractivity contribution in [2.24, 2.45) is 0 Å². The summed E-state index contributed by atoms with van der Waals surface area (Å²) in [5.74, 6) is -0.735. The van der Waals surface area contributed by atoms with Crippen LogP contribution in [0.1, 0.15) is 50.0 Å². The van der Waals surface area contributed by atoms with E-state index in [-0.39, 0.29) is 30.0 Å². The van der Waals surface area contributed by atoms with Crippen LogP contribution in [0.5, 0.6) is 5.75 Å². The first-order chi connectivity index (χ1) is 13.0. The lowest BCUT2D eigenvalue weighted by atomic mass is 10.1. The Morgan fingerprint density at radius 2 is 1.96 bits per heavy atom. The van der Waals surface area contributed by atoms with Crippen molar-refractivity contribution in [3.8, 4) is 11.4 Å². The number of methoxy groups -OCH3 is 1. The molecule has 0 fully saturated rings. The number of rotatable bonds is 10. The molecule has 146 valence electrons. The van der Waals surface area contributed by atoms with E-state index in [4.69, 9.17) is 9.47 Å². The smallest absolute Gasteiger partial charge is 0.363 e. The SMILES string of the molecule is CCCCC[C@H](C)NC(=O)COC(=O)c1nn(-c2ccccc2)cc1OC. The van der Waals surface area contributed by atoms with Gasteiger partial charge in [0.25, 0.3) is 5.91 Å². The molecule has 2 rings (SSSR count). The first-order valence-corrected chi connectivity index (χ1v) is 9.20. The highest BCUT2D eigenvalue weighted by Crippen LogP contribution is 2.20. The number of nitrogens with zero attached hydrogens (tertiary/aromatic N) is 2. The molecule has 0 saturated carbocycles. The summed E-state index contributed by atoms with van der Waals surface area (Å²) in [6.45, 7) is 3.73. The molecule has 0 saturated heterocycles. The van der Waals surface area contributed by atoms with Crippen LogP contribution in [0.15, 0.2) is 36.5 Å². The van der Waals surface area contributed by atoms with Gasteiger partial charge in [-0.3, -0.25) is 4.79 Å². The normalized spacial score (nSPS) is 11.7. The van der Waals surface area contributed by atoms with E-state index in [1.807, 2.05) is 37.3 Å². The molecular formula is C20H27N3O4. The topological polar surface area (TPSA) is 82.5 Å². The Kier molecular flexibility index (Phi) is 7.85. The molecule has 27 heavy (non-hydrogen) atoms. The van der Waals surface area contributed by atoms with Gasteiger partial charge in [-0.05, 0) is 25.5 Å². The second-order valence-corrected chi connectivity index (χ2v) is 6.37. The van der Waals surface area contributed by atoms with Gasteiger partial charge in [-0.1, -0.05) is 44.4 Å². The van der Waals surface area contributed by atoms with E-state index in [2.05, 4.69) is 17.3 Å². The number of carbonyl (C=O) groups is 2. The Balaban J connectivity index is 1.92. The van der Waals surface area contributed by atoms with Crippen molar-refractivity contribution in [3.05, 3.63) is 42.2 Å². The van der Waals surface area contributed by atoms with Gasteiger partial charge in [0.15, 0.2) is 12.4 Å². The van der Waals surface area contributed by atoms with Gasteiger partial charge in [0.05, 0.1) is 19.0 Å². The monoisotopic (exact) mass is 373 g/mol. The van der Waals surface area contributed by atoms with Gasteiger partial charge in [0, 0.05) is 6.04 Å². The van der Waals surface area contributed by atoms with Gasteiger partial charge in [-0.15, -0.1) is 0 Å². The molecule has 1 aromatic carbocycles. The van der Waals surface area contributed by atoms with Gasteiger partial charge in [0.1, 0.15) is 0 Å². The summed E-state index contributed by atoms with van der Waals surface area (Å²) >= 11 is 0. The van der Waals surface area contributed by atoms with Crippen LogP contribution in [-0.4, -0.2) is 41.4 Å². The number of hydrogen-bond acceptors (Lipinski definition) is 5. The molecule has 2 aromatic rings. The summed E-state index contributed by atoms with van der Waals surface area (Å²) in [6, 6.07) is 9.39. The third-order valence-corrected chi connectivity index (χ3v) is 4.10. The molecular weight excluding hydrogens is 346 g/mol. The van der Waals surface area contributed by atoms with E-state index in [0.29, 0.717) is 0 Å². The lowest BCUT2D eigenvalue weighted by Gasteiger charge is -2.13. The Morgan fingerprint density at radius 1 is 1.22 bits per heavy atom. The van der Waals surface area contributed by atoms with Gasteiger partial charge >= 0.3 is 5.97 Å². The second kappa shape index (κ2) is 10.4. The Labute approximate surface area is 159 Å². The number of para-hydroxylation sites is 1. The van der Waals surface area contributed by atoms with Crippen LogP contribution in [0.4, 0.5) is 0 Å². The van der Waals surface area contributed by atoms with E-state index >= 15 is 0 Å². The summed E-state index contributed by atoms with van der Waals surface area (Å²) in [4.78, 5) is 24.3. The van der Waals surface area contributed by atoms with Crippen LogP contribution in [0.3, 0.4) is 0 Å². The van der Waals surface area contributed by atoms with Gasteiger partial charge in [-0.2, -0.15) is 5.10 Å². The third-order valence-electron chi connectivity index (χ3n) is 4.10. The first kappa shape index (κ1) is 20.5. The summed E-state index contributed by atoms with van der Waals surface area (Å²) < 4.78 is 11.8.